The number of nitrogens with zero attached hydrogens (tertiary/aromatic N) is 3. The van der Waals surface area contributed by atoms with Gasteiger partial charge in [-0.2, -0.15) is 0 Å². The van der Waals surface area contributed by atoms with Crippen LogP contribution in [0.25, 0.3) is 16.9 Å². The van der Waals surface area contributed by atoms with E-state index in [1.165, 1.54) is 7.05 Å². The van der Waals surface area contributed by atoms with E-state index in [4.69, 9.17) is 9.47 Å². The Balaban J connectivity index is 0.000000233. The zero-order valence-electron chi connectivity index (χ0n) is 22.2. The predicted octanol–water partition coefficient (Wildman–Crippen LogP) is 4.90. The van der Waals surface area contributed by atoms with Gasteiger partial charge in [0.05, 0.1) is 24.5 Å². The van der Waals surface area contributed by atoms with Crippen molar-refractivity contribution in [2.45, 2.75) is 46.6 Å². The fraction of sp³-hybridized carbons (Fsp3) is 0.444. The first-order valence-corrected chi connectivity index (χ1v) is 12.2. The predicted molar refractivity (Wildman–Crippen MR) is 137 cm³/mol. The molecular weight excluding hydrogens is 482 g/mol. The Morgan fingerprint density at radius 3 is 2.32 bits per heavy atom. The third-order valence-corrected chi connectivity index (χ3v) is 6.27. The number of hydrogen-bond acceptors (Lipinski definition) is 5. The summed E-state index contributed by atoms with van der Waals surface area (Å²) in [4.78, 5) is 29.2. The van der Waals surface area contributed by atoms with Gasteiger partial charge >= 0.3 is 6.09 Å². The van der Waals surface area contributed by atoms with Crippen LogP contribution in [0.5, 0.6) is 0 Å². The van der Waals surface area contributed by atoms with E-state index in [-0.39, 0.29) is 28.5 Å². The molecule has 1 saturated heterocycles. The molecule has 1 aliphatic rings. The number of fused-ring (bicyclic) bond motifs is 1. The van der Waals surface area contributed by atoms with E-state index in [1.807, 2.05) is 46.0 Å². The maximum Gasteiger partial charge on any atom is 0.410 e. The number of aryl methyl sites for hydroxylation is 2. The molecule has 0 atom stereocenters. The second-order valence-electron chi connectivity index (χ2n) is 9.45. The van der Waals surface area contributed by atoms with Gasteiger partial charge in [0.1, 0.15) is 22.9 Å². The van der Waals surface area contributed by atoms with Gasteiger partial charge in [-0.25, -0.2) is 18.6 Å². The molecule has 3 aromatic rings. The topological polar surface area (TPSA) is 85.2 Å². The molecule has 1 fully saturated rings. The third-order valence-electron chi connectivity index (χ3n) is 6.27. The summed E-state index contributed by atoms with van der Waals surface area (Å²) in [6, 6.07) is 5.77. The van der Waals surface area contributed by atoms with E-state index in [9.17, 15) is 18.4 Å². The van der Waals surface area contributed by atoms with Crippen molar-refractivity contribution in [3.8, 4) is 11.3 Å². The van der Waals surface area contributed by atoms with Crippen LogP contribution in [-0.4, -0.2) is 65.2 Å². The standard InChI is InChI=1S/C17H15F2N3O.C10H19NO3/c1-9-4-5-22-10(2)16(21-14(22)6-9)15-12(18)7-11(8-13(15)19)17(23)20-3;1-4-10(2,3)14-9(12)11-5-7-13-8-6-11/h4-8H,1-3H3,(H,20,23);4-8H2,1-3H3. The molecule has 1 aliphatic heterocycles. The molecule has 0 spiro atoms. The number of ether oxygens (including phenoxy) is 2. The summed E-state index contributed by atoms with van der Waals surface area (Å²) in [5.41, 5.74) is 1.83. The van der Waals surface area contributed by atoms with E-state index < -0.39 is 17.5 Å². The van der Waals surface area contributed by atoms with E-state index in [0.717, 1.165) is 24.1 Å². The minimum absolute atomic E-state index is 0.0662. The molecule has 0 saturated carbocycles. The highest BCUT2D eigenvalue weighted by atomic mass is 19.1. The zero-order valence-corrected chi connectivity index (χ0v) is 22.2. The molecule has 37 heavy (non-hydrogen) atoms. The Bertz CT molecular complexity index is 1260. The number of aromatic nitrogens is 2. The number of benzene rings is 1. The van der Waals surface area contributed by atoms with Gasteiger partial charge in [-0.1, -0.05) is 6.92 Å². The SMILES string of the molecule is CCC(C)(C)OC(=O)N1CCOCC1.CNC(=O)c1cc(F)c(-c2nc3cc(C)ccn3c2C)c(F)c1. The summed E-state index contributed by atoms with van der Waals surface area (Å²) >= 11 is 0. The van der Waals surface area contributed by atoms with Crippen molar-refractivity contribution in [3.05, 3.63) is 58.9 Å². The molecule has 2 amide bonds. The van der Waals surface area contributed by atoms with Crippen LogP contribution < -0.4 is 5.32 Å². The van der Waals surface area contributed by atoms with Crippen molar-refractivity contribution < 1.29 is 27.8 Å². The summed E-state index contributed by atoms with van der Waals surface area (Å²) in [6.45, 7) is 12.0. The monoisotopic (exact) mass is 516 g/mol. The van der Waals surface area contributed by atoms with Gasteiger partial charge in [0.25, 0.3) is 5.91 Å². The summed E-state index contributed by atoms with van der Waals surface area (Å²) in [7, 11) is 1.40. The van der Waals surface area contributed by atoms with Crippen LogP contribution in [0.1, 0.15) is 48.8 Å². The zero-order chi connectivity index (χ0) is 27.3. The Kier molecular flexibility index (Phi) is 8.85. The van der Waals surface area contributed by atoms with Gasteiger partial charge in [-0.15, -0.1) is 0 Å². The number of nitrogens with one attached hydrogen (secondary N) is 1. The highest BCUT2D eigenvalue weighted by Gasteiger charge is 2.25. The number of amides is 2. The Morgan fingerprint density at radius 1 is 1.14 bits per heavy atom. The Hall–Kier alpha value is -3.53. The summed E-state index contributed by atoms with van der Waals surface area (Å²) < 4.78 is 41.1. The first-order chi connectivity index (χ1) is 17.5. The third kappa shape index (κ3) is 6.62. The lowest BCUT2D eigenvalue weighted by Gasteiger charge is -2.31. The van der Waals surface area contributed by atoms with Crippen molar-refractivity contribution in [2.24, 2.45) is 0 Å². The second-order valence-corrected chi connectivity index (χ2v) is 9.45. The normalized spacial score (nSPS) is 13.7. The molecule has 0 unspecified atom stereocenters. The van der Waals surface area contributed by atoms with Gasteiger partial charge in [-0.05, 0) is 63.9 Å². The number of carbonyl (C=O) groups is 2. The molecule has 1 aromatic carbocycles. The summed E-state index contributed by atoms with van der Waals surface area (Å²) in [5, 5.41) is 2.34. The number of rotatable bonds is 4. The van der Waals surface area contributed by atoms with Gasteiger partial charge in [0, 0.05) is 37.6 Å². The smallest absolute Gasteiger partial charge is 0.410 e. The van der Waals surface area contributed by atoms with Gasteiger partial charge in [-0.3, -0.25) is 4.79 Å². The molecule has 0 bridgehead atoms. The highest BCUT2D eigenvalue weighted by Crippen LogP contribution is 2.30. The van der Waals surface area contributed by atoms with Crippen LogP contribution in [0, 0.1) is 25.5 Å². The van der Waals surface area contributed by atoms with Crippen molar-refractivity contribution in [2.75, 3.05) is 33.4 Å². The fourth-order valence-electron chi connectivity index (χ4n) is 3.70. The Labute approximate surface area is 215 Å². The lowest BCUT2D eigenvalue weighted by Crippen LogP contribution is -2.44. The van der Waals surface area contributed by atoms with E-state index >= 15 is 0 Å². The van der Waals surface area contributed by atoms with Gasteiger partial charge < -0.3 is 24.1 Å². The lowest BCUT2D eigenvalue weighted by atomic mass is 10.1. The number of imidazole rings is 1. The van der Waals surface area contributed by atoms with E-state index in [0.29, 0.717) is 37.6 Å². The number of carbonyl (C=O) groups excluding carboxylic acids is 2. The average Bonchev–Trinajstić information content (AvgIpc) is 3.18. The molecule has 2 aromatic heterocycles. The molecular formula is C27H34F2N4O4. The van der Waals surface area contributed by atoms with Crippen molar-refractivity contribution in [1.82, 2.24) is 19.6 Å². The summed E-state index contributed by atoms with van der Waals surface area (Å²) in [6.07, 6.45) is 2.41. The Morgan fingerprint density at radius 2 is 1.76 bits per heavy atom. The quantitative estimate of drug-likeness (QED) is 0.533. The molecule has 200 valence electrons. The van der Waals surface area contributed by atoms with Crippen LogP contribution in [0.3, 0.4) is 0 Å². The maximum absolute atomic E-state index is 14.4. The first kappa shape index (κ1) is 28.0. The van der Waals surface area contributed by atoms with Crippen molar-refractivity contribution in [1.29, 1.82) is 0 Å². The van der Waals surface area contributed by atoms with Crippen molar-refractivity contribution >= 4 is 17.6 Å². The van der Waals surface area contributed by atoms with Crippen LogP contribution in [0.2, 0.25) is 0 Å². The average molecular weight is 517 g/mol. The minimum Gasteiger partial charge on any atom is -0.443 e. The largest absolute Gasteiger partial charge is 0.443 e. The number of halogens is 2. The van der Waals surface area contributed by atoms with Gasteiger partial charge in [0.15, 0.2) is 0 Å². The van der Waals surface area contributed by atoms with Crippen LogP contribution in [0.15, 0.2) is 30.5 Å². The second kappa shape index (κ2) is 11.7. The number of hydrogen-bond donors (Lipinski definition) is 1. The number of morpholine rings is 1. The number of pyridine rings is 1. The molecule has 3 heterocycles. The van der Waals surface area contributed by atoms with E-state index in [1.54, 1.807) is 16.2 Å². The van der Waals surface area contributed by atoms with E-state index in [2.05, 4.69) is 10.3 Å². The van der Waals surface area contributed by atoms with Crippen molar-refractivity contribution in [3.63, 3.8) is 0 Å². The maximum atomic E-state index is 14.4. The summed E-state index contributed by atoms with van der Waals surface area (Å²) in [5.74, 6) is -2.17. The molecule has 4 rings (SSSR count). The molecule has 10 heteroatoms. The molecule has 8 nitrogen and oxygen atoms in total. The minimum atomic E-state index is -0.813. The van der Waals surface area contributed by atoms with Crippen LogP contribution >= 0.6 is 0 Å². The fourth-order valence-corrected chi connectivity index (χ4v) is 3.70. The van der Waals surface area contributed by atoms with Crippen LogP contribution in [0.4, 0.5) is 13.6 Å². The van der Waals surface area contributed by atoms with Crippen LogP contribution in [-0.2, 0) is 9.47 Å². The van der Waals surface area contributed by atoms with Gasteiger partial charge in [0.2, 0.25) is 0 Å². The highest BCUT2D eigenvalue weighted by molar-refractivity contribution is 5.94. The first-order valence-electron chi connectivity index (χ1n) is 12.2. The molecule has 0 radical (unpaired) electrons. The lowest BCUT2D eigenvalue weighted by molar-refractivity contribution is -0.0149. The molecule has 0 aliphatic carbocycles. The molecule has 1 N–H and O–H groups in total.